The largest absolute Gasteiger partial charge is 0.469 e. The monoisotopic (exact) mass is 253 g/mol. The van der Waals surface area contributed by atoms with Crippen molar-refractivity contribution in [3.05, 3.63) is 0 Å². The predicted molar refractivity (Wildman–Crippen MR) is 62.7 cm³/mol. The number of methoxy groups -OCH3 is 1. The Kier molecular flexibility index (Phi) is 2.31. The number of carbonyl (C=O) groups is 2. The average Bonchev–Trinajstić information content (AvgIpc) is 2.95. The highest BCUT2D eigenvalue weighted by molar-refractivity contribution is 5.92. The number of carbonyl (C=O) groups excluding carboxylic acids is 2. The van der Waals surface area contributed by atoms with Gasteiger partial charge >= 0.3 is 5.97 Å². The van der Waals surface area contributed by atoms with Gasteiger partial charge in [0.05, 0.1) is 30.6 Å². The molecule has 2 heterocycles. The topological polar surface area (TPSA) is 59.1 Å². The number of ether oxygens (including phenoxy) is 2. The highest BCUT2D eigenvalue weighted by atomic mass is 16.6. The maximum Gasteiger partial charge on any atom is 0.309 e. The molecule has 1 saturated carbocycles. The lowest BCUT2D eigenvalue weighted by molar-refractivity contribution is -0.176. The van der Waals surface area contributed by atoms with Gasteiger partial charge in [-0.15, -0.1) is 0 Å². The van der Waals surface area contributed by atoms with Crippen LogP contribution in [0.5, 0.6) is 0 Å². The molecule has 1 amide bonds. The zero-order valence-corrected chi connectivity index (χ0v) is 11.2. The molecule has 0 aromatic rings. The number of hydrogen-bond donors (Lipinski definition) is 0. The van der Waals surface area contributed by atoms with Crippen molar-refractivity contribution in [2.75, 3.05) is 7.11 Å². The summed E-state index contributed by atoms with van der Waals surface area (Å²) in [4.78, 5) is 25.9. The summed E-state index contributed by atoms with van der Waals surface area (Å²) in [6.07, 6.45) is 0.701. The van der Waals surface area contributed by atoms with Gasteiger partial charge in [0.1, 0.15) is 6.10 Å². The van der Waals surface area contributed by atoms with Crippen LogP contribution in [-0.2, 0) is 19.1 Å². The highest BCUT2D eigenvalue weighted by Crippen LogP contribution is 2.57. The van der Waals surface area contributed by atoms with Crippen molar-refractivity contribution in [3.8, 4) is 0 Å². The molecular formula is C13H19NO4. The van der Waals surface area contributed by atoms with Crippen LogP contribution in [0, 0.1) is 11.8 Å². The van der Waals surface area contributed by atoms with Gasteiger partial charge in [0, 0.05) is 6.04 Å². The van der Waals surface area contributed by atoms with Crippen molar-refractivity contribution in [3.63, 3.8) is 0 Å². The van der Waals surface area contributed by atoms with Gasteiger partial charge in [0.2, 0.25) is 5.91 Å². The van der Waals surface area contributed by atoms with Crippen LogP contribution in [0.15, 0.2) is 0 Å². The lowest BCUT2D eigenvalue weighted by atomic mass is 9.65. The third kappa shape index (κ3) is 1.31. The Balaban J connectivity index is 1.89. The SMILES string of the molecule is COC(=O)C1CC2(C)OC2C2C1C(=O)N2C(C)C. The Morgan fingerprint density at radius 1 is 1.56 bits per heavy atom. The Labute approximate surface area is 106 Å². The summed E-state index contributed by atoms with van der Waals surface area (Å²) in [6.45, 7) is 6.01. The number of epoxide rings is 1. The van der Waals surface area contributed by atoms with E-state index in [1.165, 1.54) is 7.11 Å². The molecule has 3 aliphatic rings. The van der Waals surface area contributed by atoms with Crippen LogP contribution < -0.4 is 0 Å². The first kappa shape index (κ1) is 12.0. The van der Waals surface area contributed by atoms with Gasteiger partial charge in [-0.3, -0.25) is 9.59 Å². The van der Waals surface area contributed by atoms with E-state index in [-0.39, 0.29) is 47.5 Å². The van der Waals surface area contributed by atoms with E-state index < -0.39 is 0 Å². The standard InChI is InChI=1S/C13H19NO4/c1-6(2)14-9-8(11(14)15)7(12(16)17-4)5-13(3)10(9)18-13/h6-10H,5H2,1-4H3. The minimum Gasteiger partial charge on any atom is -0.469 e. The zero-order chi connectivity index (χ0) is 13.2. The van der Waals surface area contributed by atoms with E-state index in [0.29, 0.717) is 6.42 Å². The Morgan fingerprint density at radius 3 is 2.78 bits per heavy atom. The summed E-state index contributed by atoms with van der Waals surface area (Å²) in [6, 6.07) is 0.212. The van der Waals surface area contributed by atoms with Crippen LogP contribution >= 0.6 is 0 Å². The van der Waals surface area contributed by atoms with Crippen LogP contribution in [0.4, 0.5) is 0 Å². The second kappa shape index (κ2) is 3.47. The summed E-state index contributed by atoms with van der Waals surface area (Å²) >= 11 is 0. The fourth-order valence-corrected chi connectivity index (χ4v) is 3.70. The van der Waals surface area contributed by atoms with E-state index in [4.69, 9.17) is 9.47 Å². The summed E-state index contributed by atoms with van der Waals surface area (Å²) in [5, 5.41) is 0. The number of rotatable bonds is 2. The first-order valence-corrected chi connectivity index (χ1v) is 6.48. The lowest BCUT2D eigenvalue weighted by Crippen LogP contribution is -2.71. The molecule has 0 aromatic heterocycles. The van der Waals surface area contributed by atoms with Gasteiger partial charge in [0.25, 0.3) is 0 Å². The first-order chi connectivity index (χ1) is 8.40. The molecule has 0 N–H and O–H groups in total. The fourth-order valence-electron chi connectivity index (χ4n) is 3.70. The molecule has 2 saturated heterocycles. The Hall–Kier alpha value is -1.10. The molecule has 2 aliphatic heterocycles. The van der Waals surface area contributed by atoms with E-state index in [2.05, 4.69) is 0 Å². The molecule has 3 fully saturated rings. The van der Waals surface area contributed by atoms with E-state index in [0.717, 1.165) is 0 Å². The van der Waals surface area contributed by atoms with Gasteiger partial charge in [-0.25, -0.2) is 0 Å². The molecule has 5 heteroatoms. The van der Waals surface area contributed by atoms with Gasteiger partial charge in [0.15, 0.2) is 0 Å². The quantitative estimate of drug-likeness (QED) is 0.410. The Morgan fingerprint density at radius 2 is 2.22 bits per heavy atom. The number of esters is 1. The minimum absolute atomic E-state index is 0.0559. The van der Waals surface area contributed by atoms with Crippen LogP contribution in [0.2, 0.25) is 0 Å². The third-order valence-electron chi connectivity index (χ3n) is 4.60. The van der Waals surface area contributed by atoms with Crippen molar-refractivity contribution in [2.24, 2.45) is 11.8 Å². The highest BCUT2D eigenvalue weighted by Gasteiger charge is 2.73. The van der Waals surface area contributed by atoms with E-state index >= 15 is 0 Å². The number of hydrogen-bond acceptors (Lipinski definition) is 4. The average molecular weight is 253 g/mol. The van der Waals surface area contributed by atoms with Crippen LogP contribution in [0.1, 0.15) is 27.2 Å². The molecular weight excluding hydrogens is 234 g/mol. The molecule has 1 aliphatic carbocycles. The van der Waals surface area contributed by atoms with Crippen LogP contribution in [-0.4, -0.2) is 47.7 Å². The fraction of sp³-hybridized carbons (Fsp3) is 0.846. The normalized spacial score (nSPS) is 45.2. The van der Waals surface area contributed by atoms with Crippen molar-refractivity contribution in [2.45, 2.75) is 51.0 Å². The summed E-state index contributed by atoms with van der Waals surface area (Å²) in [5.74, 6) is -0.786. The molecule has 5 nitrogen and oxygen atoms in total. The summed E-state index contributed by atoms with van der Waals surface area (Å²) < 4.78 is 10.6. The molecule has 0 bridgehead atoms. The van der Waals surface area contributed by atoms with Crippen molar-refractivity contribution < 1.29 is 19.1 Å². The van der Waals surface area contributed by atoms with Gasteiger partial charge in [-0.2, -0.15) is 0 Å². The zero-order valence-electron chi connectivity index (χ0n) is 11.2. The number of nitrogens with zero attached hydrogens (tertiary/aromatic N) is 1. The lowest BCUT2D eigenvalue weighted by Gasteiger charge is -2.53. The molecule has 0 radical (unpaired) electrons. The number of amides is 1. The van der Waals surface area contributed by atoms with Crippen LogP contribution in [0.25, 0.3) is 0 Å². The van der Waals surface area contributed by atoms with Crippen molar-refractivity contribution in [1.82, 2.24) is 4.90 Å². The molecule has 0 spiro atoms. The molecule has 0 aromatic carbocycles. The van der Waals surface area contributed by atoms with E-state index in [1.807, 2.05) is 25.7 Å². The maximum atomic E-state index is 12.2. The molecule has 18 heavy (non-hydrogen) atoms. The number of fused-ring (bicyclic) bond motifs is 3. The first-order valence-electron chi connectivity index (χ1n) is 6.48. The Bertz CT molecular complexity index is 421. The smallest absolute Gasteiger partial charge is 0.309 e. The molecule has 3 rings (SSSR count). The summed E-state index contributed by atoms with van der Waals surface area (Å²) in [5.41, 5.74) is -0.242. The van der Waals surface area contributed by atoms with Crippen LogP contribution in [0.3, 0.4) is 0 Å². The van der Waals surface area contributed by atoms with Crippen molar-refractivity contribution >= 4 is 11.9 Å². The van der Waals surface area contributed by atoms with Crippen molar-refractivity contribution in [1.29, 1.82) is 0 Å². The van der Waals surface area contributed by atoms with Gasteiger partial charge in [-0.1, -0.05) is 0 Å². The van der Waals surface area contributed by atoms with Gasteiger partial charge in [-0.05, 0) is 27.2 Å². The summed E-state index contributed by atoms with van der Waals surface area (Å²) in [7, 11) is 1.38. The molecule has 100 valence electrons. The molecule has 5 atom stereocenters. The minimum atomic E-state index is -0.341. The predicted octanol–water partition coefficient (Wildman–Crippen LogP) is 0.572. The second-order valence-corrected chi connectivity index (χ2v) is 6.04. The second-order valence-electron chi connectivity index (χ2n) is 6.04. The van der Waals surface area contributed by atoms with E-state index in [1.54, 1.807) is 0 Å². The van der Waals surface area contributed by atoms with E-state index in [9.17, 15) is 9.59 Å². The third-order valence-corrected chi connectivity index (χ3v) is 4.60. The maximum absolute atomic E-state index is 12.2. The molecule has 5 unspecified atom stereocenters. The van der Waals surface area contributed by atoms with Gasteiger partial charge < -0.3 is 14.4 Å². The number of β-lactam (4-membered cyclic amide) rings is 1. The number of likely N-dealkylation sites (tertiary alicyclic amines) is 1.